The topological polar surface area (TPSA) is 58.6 Å². The first-order valence-corrected chi connectivity index (χ1v) is 7.06. The van der Waals surface area contributed by atoms with Crippen molar-refractivity contribution in [2.45, 2.75) is 19.8 Å². The highest BCUT2D eigenvalue weighted by Crippen LogP contribution is 2.31. The summed E-state index contributed by atoms with van der Waals surface area (Å²) in [7, 11) is 0. The molecular weight excluding hydrogens is 256 g/mol. The molecule has 1 aromatic rings. The highest BCUT2D eigenvalue weighted by molar-refractivity contribution is 6.00. The van der Waals surface area contributed by atoms with Crippen LogP contribution in [0.15, 0.2) is 18.2 Å². The number of rotatable bonds is 3. The molecule has 20 heavy (non-hydrogen) atoms. The van der Waals surface area contributed by atoms with Gasteiger partial charge in [-0.2, -0.15) is 0 Å². The monoisotopic (exact) mass is 274 g/mol. The van der Waals surface area contributed by atoms with Crippen LogP contribution in [-0.4, -0.2) is 36.4 Å². The minimum atomic E-state index is -0.0393. The zero-order chi connectivity index (χ0) is 14.1. The largest absolute Gasteiger partial charge is 0.491 e. The number of anilines is 1. The third-order valence-electron chi connectivity index (χ3n) is 3.71. The van der Waals surface area contributed by atoms with E-state index in [1.165, 1.54) is 0 Å². The lowest BCUT2D eigenvalue weighted by atomic mass is 10.1. The fraction of sp³-hybridized carbons (Fsp3) is 0.467. The Labute approximate surface area is 117 Å². The number of benzene rings is 1. The molecule has 0 atom stereocenters. The Morgan fingerprint density at radius 3 is 2.95 bits per heavy atom. The lowest BCUT2D eigenvalue weighted by Gasteiger charge is -2.17. The highest BCUT2D eigenvalue weighted by atomic mass is 16.5. The summed E-state index contributed by atoms with van der Waals surface area (Å²) in [5.74, 6) is 0.741. The molecule has 1 aromatic carbocycles. The van der Waals surface area contributed by atoms with Crippen LogP contribution in [0.2, 0.25) is 0 Å². The number of hydrogen-bond acceptors (Lipinski definition) is 3. The van der Waals surface area contributed by atoms with Crippen LogP contribution < -0.4 is 10.1 Å². The van der Waals surface area contributed by atoms with Gasteiger partial charge in [0.05, 0.1) is 12.1 Å². The third-order valence-corrected chi connectivity index (χ3v) is 3.71. The van der Waals surface area contributed by atoms with Crippen LogP contribution in [0.3, 0.4) is 0 Å². The summed E-state index contributed by atoms with van der Waals surface area (Å²) in [5, 5.41) is 2.86. The first kappa shape index (κ1) is 13.0. The molecule has 0 unspecified atom stereocenters. The van der Waals surface area contributed by atoms with Gasteiger partial charge >= 0.3 is 0 Å². The Kier molecular flexibility index (Phi) is 3.34. The SMILES string of the molecule is CCN1CCOc2ccc(NC(=O)C3CC3)cc2C1=O. The van der Waals surface area contributed by atoms with Gasteiger partial charge in [0.1, 0.15) is 12.4 Å². The molecule has 0 radical (unpaired) electrons. The molecule has 1 heterocycles. The average molecular weight is 274 g/mol. The molecule has 1 saturated carbocycles. The number of likely N-dealkylation sites (N-methyl/N-ethyl adjacent to an activating group) is 1. The predicted molar refractivity (Wildman–Crippen MR) is 74.9 cm³/mol. The van der Waals surface area contributed by atoms with E-state index in [2.05, 4.69) is 5.32 Å². The number of carbonyl (C=O) groups is 2. The van der Waals surface area contributed by atoms with Crippen molar-refractivity contribution in [2.24, 2.45) is 5.92 Å². The molecule has 5 nitrogen and oxygen atoms in total. The smallest absolute Gasteiger partial charge is 0.257 e. The van der Waals surface area contributed by atoms with Crippen molar-refractivity contribution in [3.63, 3.8) is 0 Å². The van der Waals surface area contributed by atoms with Crippen molar-refractivity contribution in [3.05, 3.63) is 23.8 Å². The molecule has 3 rings (SSSR count). The number of hydrogen-bond donors (Lipinski definition) is 1. The third kappa shape index (κ3) is 2.48. The fourth-order valence-corrected chi connectivity index (χ4v) is 2.33. The van der Waals surface area contributed by atoms with E-state index in [9.17, 15) is 9.59 Å². The molecule has 1 fully saturated rings. The molecule has 0 aromatic heterocycles. The van der Waals surface area contributed by atoms with E-state index < -0.39 is 0 Å². The van der Waals surface area contributed by atoms with E-state index in [0.29, 0.717) is 36.7 Å². The van der Waals surface area contributed by atoms with Gasteiger partial charge in [0.15, 0.2) is 0 Å². The maximum absolute atomic E-state index is 12.4. The van der Waals surface area contributed by atoms with Crippen molar-refractivity contribution < 1.29 is 14.3 Å². The van der Waals surface area contributed by atoms with E-state index in [4.69, 9.17) is 4.74 Å². The van der Waals surface area contributed by atoms with Gasteiger partial charge in [-0.1, -0.05) is 0 Å². The highest BCUT2D eigenvalue weighted by Gasteiger charge is 2.30. The Morgan fingerprint density at radius 1 is 1.45 bits per heavy atom. The molecular formula is C15H18N2O3. The fourth-order valence-electron chi connectivity index (χ4n) is 2.33. The summed E-state index contributed by atoms with van der Waals surface area (Å²) >= 11 is 0. The molecule has 106 valence electrons. The second kappa shape index (κ2) is 5.15. The Morgan fingerprint density at radius 2 is 2.25 bits per heavy atom. The second-order valence-corrected chi connectivity index (χ2v) is 5.21. The van der Waals surface area contributed by atoms with Gasteiger partial charge < -0.3 is 15.0 Å². The van der Waals surface area contributed by atoms with Crippen molar-refractivity contribution >= 4 is 17.5 Å². The van der Waals surface area contributed by atoms with Crippen LogP contribution in [-0.2, 0) is 4.79 Å². The summed E-state index contributed by atoms with van der Waals surface area (Å²) in [4.78, 5) is 25.9. The van der Waals surface area contributed by atoms with Crippen molar-refractivity contribution in [2.75, 3.05) is 25.0 Å². The molecule has 0 bridgehead atoms. The maximum Gasteiger partial charge on any atom is 0.257 e. The number of carbonyl (C=O) groups excluding carboxylic acids is 2. The maximum atomic E-state index is 12.4. The van der Waals surface area contributed by atoms with E-state index in [-0.39, 0.29) is 17.7 Å². The van der Waals surface area contributed by atoms with Crippen molar-refractivity contribution in [1.82, 2.24) is 4.90 Å². The lowest BCUT2D eigenvalue weighted by molar-refractivity contribution is -0.117. The number of nitrogens with one attached hydrogen (secondary N) is 1. The Balaban J connectivity index is 1.85. The summed E-state index contributed by atoms with van der Waals surface area (Å²) in [5.41, 5.74) is 1.19. The van der Waals surface area contributed by atoms with Gasteiger partial charge in [-0.15, -0.1) is 0 Å². The van der Waals surface area contributed by atoms with Crippen LogP contribution in [0.5, 0.6) is 5.75 Å². The van der Waals surface area contributed by atoms with Gasteiger partial charge in [0.25, 0.3) is 5.91 Å². The molecule has 5 heteroatoms. The molecule has 1 N–H and O–H groups in total. The second-order valence-electron chi connectivity index (χ2n) is 5.21. The molecule has 0 saturated heterocycles. The van der Waals surface area contributed by atoms with Crippen LogP contribution in [0.25, 0.3) is 0 Å². The number of amides is 2. The van der Waals surface area contributed by atoms with Gasteiger partial charge in [0.2, 0.25) is 5.91 Å². The van der Waals surface area contributed by atoms with Crippen molar-refractivity contribution in [3.8, 4) is 5.75 Å². The minimum Gasteiger partial charge on any atom is -0.491 e. The van der Waals surface area contributed by atoms with E-state index in [1.54, 1.807) is 23.1 Å². The molecule has 2 aliphatic rings. The number of nitrogens with zero attached hydrogens (tertiary/aromatic N) is 1. The van der Waals surface area contributed by atoms with E-state index >= 15 is 0 Å². The molecule has 2 amide bonds. The van der Waals surface area contributed by atoms with Gasteiger partial charge in [0, 0.05) is 18.2 Å². The van der Waals surface area contributed by atoms with Gasteiger partial charge in [-0.3, -0.25) is 9.59 Å². The summed E-state index contributed by atoms with van der Waals surface area (Å²) in [6.07, 6.45) is 1.92. The number of ether oxygens (including phenoxy) is 1. The van der Waals surface area contributed by atoms with Crippen LogP contribution >= 0.6 is 0 Å². The van der Waals surface area contributed by atoms with Gasteiger partial charge in [-0.05, 0) is 38.0 Å². The quantitative estimate of drug-likeness (QED) is 0.915. The van der Waals surface area contributed by atoms with Crippen molar-refractivity contribution in [1.29, 1.82) is 0 Å². The minimum absolute atomic E-state index is 0.0393. The predicted octanol–water partition coefficient (Wildman–Crippen LogP) is 1.89. The first-order valence-electron chi connectivity index (χ1n) is 7.06. The van der Waals surface area contributed by atoms with Crippen LogP contribution in [0.1, 0.15) is 30.1 Å². The zero-order valence-electron chi connectivity index (χ0n) is 11.5. The normalized spacial score (nSPS) is 18.1. The Bertz CT molecular complexity index is 552. The van der Waals surface area contributed by atoms with Gasteiger partial charge in [-0.25, -0.2) is 0 Å². The van der Waals surface area contributed by atoms with E-state index in [1.807, 2.05) is 6.92 Å². The number of fused-ring (bicyclic) bond motifs is 1. The molecule has 0 spiro atoms. The first-order chi connectivity index (χ1) is 9.69. The van der Waals surface area contributed by atoms with Crippen LogP contribution in [0, 0.1) is 5.92 Å². The lowest BCUT2D eigenvalue weighted by Crippen LogP contribution is -2.32. The molecule has 1 aliphatic carbocycles. The summed E-state index contributed by atoms with van der Waals surface area (Å²) in [6.45, 7) is 3.69. The zero-order valence-corrected chi connectivity index (χ0v) is 11.5. The van der Waals surface area contributed by atoms with Crippen LogP contribution in [0.4, 0.5) is 5.69 Å². The molecule has 1 aliphatic heterocycles. The summed E-state index contributed by atoms with van der Waals surface area (Å²) in [6, 6.07) is 5.26. The summed E-state index contributed by atoms with van der Waals surface area (Å²) < 4.78 is 5.60. The average Bonchev–Trinajstić information content (AvgIpc) is 3.28. The standard InChI is InChI=1S/C15H18N2O3/c1-2-17-7-8-20-13-6-5-11(9-12(13)15(17)19)16-14(18)10-3-4-10/h5-6,9-10H,2-4,7-8H2,1H3,(H,16,18). The van der Waals surface area contributed by atoms with E-state index in [0.717, 1.165) is 12.8 Å². The Hall–Kier alpha value is -2.04.